The molecule has 2 atom stereocenters. The van der Waals surface area contributed by atoms with Crippen molar-refractivity contribution >= 4 is 63.6 Å². The number of benzene rings is 3. The van der Waals surface area contributed by atoms with Gasteiger partial charge in [-0.2, -0.15) is 4.99 Å². The summed E-state index contributed by atoms with van der Waals surface area (Å²) in [4.78, 5) is 62.3. The first-order valence-electron chi connectivity index (χ1n) is 23.7. The summed E-state index contributed by atoms with van der Waals surface area (Å²) in [6.07, 6.45) is 8.05. The summed E-state index contributed by atoms with van der Waals surface area (Å²) >= 11 is 1.83. The van der Waals surface area contributed by atoms with Gasteiger partial charge in [-0.25, -0.2) is 14.8 Å². The van der Waals surface area contributed by atoms with Gasteiger partial charge in [0, 0.05) is 66.0 Å². The zero-order valence-electron chi connectivity index (χ0n) is 38.2. The number of amides is 5. The van der Waals surface area contributed by atoms with Crippen LogP contribution in [0.2, 0.25) is 0 Å². The first-order valence-corrected chi connectivity index (χ1v) is 24.8. The van der Waals surface area contributed by atoms with Crippen molar-refractivity contribution in [3.05, 3.63) is 83.9 Å². The number of nitrogens with zero attached hydrogens (tertiary/aromatic N) is 3. The van der Waals surface area contributed by atoms with Crippen LogP contribution in [0.1, 0.15) is 68.9 Å². The number of hydrogen-bond donors (Lipinski definition) is 5. The van der Waals surface area contributed by atoms with E-state index in [1.165, 1.54) is 11.1 Å². The number of rotatable bonds is 30. The number of thioether (sulfide) groups is 1. The Morgan fingerprint density at radius 2 is 1.30 bits per heavy atom. The van der Waals surface area contributed by atoms with Crippen LogP contribution in [0.3, 0.4) is 0 Å². The van der Waals surface area contributed by atoms with Gasteiger partial charge in [-0.3, -0.25) is 14.4 Å². The minimum Gasteiger partial charge on any atom is -0.379 e. The molecule has 5 amide bonds. The summed E-state index contributed by atoms with van der Waals surface area (Å²) in [5, 5.41) is 16.6. The van der Waals surface area contributed by atoms with Gasteiger partial charge in [-0.1, -0.05) is 49.2 Å². The molecule has 0 radical (unpaired) electrons. The minimum atomic E-state index is -0.229. The second kappa shape index (κ2) is 26.8. The van der Waals surface area contributed by atoms with Crippen LogP contribution in [0.15, 0.2) is 77.8 Å². The van der Waals surface area contributed by atoms with Gasteiger partial charge in [0.1, 0.15) is 5.82 Å². The lowest BCUT2D eigenvalue weighted by atomic mass is 10.1. The summed E-state index contributed by atoms with van der Waals surface area (Å²) < 4.78 is 22.1. The third-order valence-corrected chi connectivity index (χ3v) is 13.2. The van der Waals surface area contributed by atoms with Gasteiger partial charge in [0.25, 0.3) is 0 Å². The van der Waals surface area contributed by atoms with Crippen LogP contribution >= 0.6 is 11.8 Å². The normalized spacial score (nSPS) is 16.4. The lowest BCUT2D eigenvalue weighted by molar-refractivity contribution is -0.122. The fraction of sp³-hybridized carbons (Fsp3) is 0.500. The van der Waals surface area contributed by atoms with Crippen LogP contribution in [-0.2, 0) is 46.2 Å². The predicted octanol–water partition coefficient (Wildman–Crippen LogP) is 6.27. The lowest BCUT2D eigenvalue weighted by Gasteiger charge is -2.16. The van der Waals surface area contributed by atoms with Crippen molar-refractivity contribution in [2.75, 3.05) is 82.3 Å². The standard InChI is InChI=1S/C50H64N8O8S/c59-44(15-8-7-14-43-47-42(34-67-43)56-50(62)57-47)52-23-25-64-27-29-66-31-30-65-28-26-63-24-21-45(60)51-22-9-1-2-16-46(61)53-38-19-17-35(18-20-38)48-55-41-13-6-5-12-40(41)49(58-48)54-39-32-36-10-3-4-11-37(36)33-39/h3-6,10-13,17-20,39,42-43H,1-2,7-9,14-16,21-34H2,(H,51,60)(H,52,59)(H,53,61)(H,56,62)(H,54,55,58)/t42-,43-/m0/s1. The maximum absolute atomic E-state index is 12.7. The van der Waals surface area contributed by atoms with E-state index in [1.807, 2.05) is 54.2 Å². The van der Waals surface area contributed by atoms with Gasteiger partial charge in [0.15, 0.2) is 5.82 Å². The van der Waals surface area contributed by atoms with E-state index in [0.717, 1.165) is 90.8 Å². The molecule has 1 aromatic heterocycles. The molecule has 3 aliphatic rings. The first kappa shape index (κ1) is 49.4. The van der Waals surface area contributed by atoms with Crippen molar-refractivity contribution in [1.82, 2.24) is 25.9 Å². The smallest absolute Gasteiger partial charge is 0.341 e. The zero-order chi connectivity index (χ0) is 46.5. The molecule has 0 bridgehead atoms. The quantitative estimate of drug-likeness (QED) is 0.0367. The Labute approximate surface area is 396 Å². The van der Waals surface area contributed by atoms with Crippen LogP contribution in [-0.4, -0.2) is 128 Å². The number of fused-ring (bicyclic) bond motifs is 3. The largest absolute Gasteiger partial charge is 0.379 e. The fourth-order valence-corrected chi connectivity index (χ4v) is 9.70. The second-order valence-electron chi connectivity index (χ2n) is 16.9. The Morgan fingerprint density at radius 3 is 2.06 bits per heavy atom. The van der Waals surface area contributed by atoms with Gasteiger partial charge in [-0.15, -0.1) is 11.8 Å². The number of nitrogens with one attached hydrogen (secondary N) is 5. The summed E-state index contributed by atoms with van der Waals surface area (Å²) in [6.45, 7) is 4.25. The number of unbranched alkanes of at least 4 members (excludes halogenated alkanes) is 3. The average molecular weight is 937 g/mol. The molecule has 7 rings (SSSR count). The van der Waals surface area contributed by atoms with Gasteiger partial charge >= 0.3 is 6.03 Å². The van der Waals surface area contributed by atoms with E-state index in [4.69, 9.17) is 28.9 Å². The number of aliphatic imine (C=N–C) groups is 1. The Bertz CT molecular complexity index is 2260. The Morgan fingerprint density at radius 1 is 0.657 bits per heavy atom. The molecule has 0 unspecified atom stereocenters. The molecule has 1 fully saturated rings. The van der Waals surface area contributed by atoms with Gasteiger partial charge < -0.3 is 45.5 Å². The summed E-state index contributed by atoms with van der Waals surface area (Å²) in [5.74, 6) is 2.24. The number of carbonyl (C=O) groups is 4. The Hall–Kier alpha value is -5.46. The topological polar surface area (TPSA) is 203 Å². The molecule has 16 nitrogen and oxygen atoms in total. The van der Waals surface area contributed by atoms with Crippen LogP contribution in [0, 0.1) is 0 Å². The Balaban J connectivity index is 0.631. The number of urea groups is 1. The molecule has 2 aliphatic heterocycles. The molecule has 5 N–H and O–H groups in total. The highest BCUT2D eigenvalue weighted by molar-refractivity contribution is 8.01. The number of anilines is 2. The minimum absolute atomic E-state index is 0.0154. The molecule has 17 heteroatoms. The number of carbonyl (C=O) groups excluding carboxylic acids is 4. The SMILES string of the molecule is O=C(CCCC[C@@H]1SC[C@@H]2NC(=O)N=C21)NCCOCCOCCOCCOCCC(=O)NCCCCCC(=O)Nc1ccc(-c2nc(NC3Cc4ccccc4C3)c3ccccc3n2)cc1. The predicted molar refractivity (Wildman–Crippen MR) is 262 cm³/mol. The molecule has 4 aromatic rings. The summed E-state index contributed by atoms with van der Waals surface area (Å²) in [7, 11) is 0. The maximum Gasteiger partial charge on any atom is 0.341 e. The van der Waals surface area contributed by atoms with E-state index in [1.54, 1.807) is 0 Å². The van der Waals surface area contributed by atoms with E-state index in [0.29, 0.717) is 84.6 Å². The number of para-hydroxylation sites is 1. The third-order valence-electron chi connectivity index (χ3n) is 11.8. The van der Waals surface area contributed by atoms with Gasteiger partial charge in [-0.05, 0) is 86.1 Å². The van der Waals surface area contributed by atoms with E-state index >= 15 is 0 Å². The van der Waals surface area contributed by atoms with E-state index in [-0.39, 0.29) is 47.5 Å². The van der Waals surface area contributed by atoms with Crippen LogP contribution in [0.25, 0.3) is 22.3 Å². The molecular formula is C50H64N8O8S. The highest BCUT2D eigenvalue weighted by atomic mass is 32.2. The lowest BCUT2D eigenvalue weighted by Crippen LogP contribution is -2.32. The molecular weight excluding hydrogens is 873 g/mol. The van der Waals surface area contributed by atoms with Crippen molar-refractivity contribution in [1.29, 1.82) is 0 Å². The van der Waals surface area contributed by atoms with Crippen LogP contribution < -0.4 is 26.6 Å². The molecule has 1 saturated heterocycles. The van der Waals surface area contributed by atoms with Crippen molar-refractivity contribution in [2.45, 2.75) is 88.0 Å². The average Bonchev–Trinajstić information content (AvgIpc) is 4.04. The maximum atomic E-state index is 12.7. The first-order chi connectivity index (χ1) is 32.9. The molecule has 0 saturated carbocycles. The second-order valence-corrected chi connectivity index (χ2v) is 18.1. The van der Waals surface area contributed by atoms with Crippen LogP contribution in [0.5, 0.6) is 0 Å². The van der Waals surface area contributed by atoms with E-state index in [2.05, 4.69) is 61.9 Å². The summed E-state index contributed by atoms with van der Waals surface area (Å²) in [6, 6.07) is 24.4. The Kier molecular flexibility index (Phi) is 19.8. The van der Waals surface area contributed by atoms with Crippen molar-refractivity contribution in [2.24, 2.45) is 4.99 Å². The fourth-order valence-electron chi connectivity index (χ4n) is 8.30. The molecule has 0 spiro atoms. The number of aromatic nitrogens is 2. The molecule has 3 heterocycles. The van der Waals surface area contributed by atoms with Gasteiger partial charge in [0.2, 0.25) is 17.7 Å². The molecule has 67 heavy (non-hydrogen) atoms. The molecule has 358 valence electrons. The molecule has 1 aliphatic carbocycles. The van der Waals surface area contributed by atoms with Crippen molar-refractivity contribution in [3.63, 3.8) is 0 Å². The number of ether oxygens (including phenoxy) is 4. The van der Waals surface area contributed by atoms with Crippen LogP contribution in [0.4, 0.5) is 16.3 Å². The summed E-state index contributed by atoms with van der Waals surface area (Å²) in [5.41, 5.74) is 6.19. The van der Waals surface area contributed by atoms with E-state index in [9.17, 15) is 19.2 Å². The third kappa shape index (κ3) is 16.1. The highest BCUT2D eigenvalue weighted by Crippen LogP contribution is 2.32. The van der Waals surface area contributed by atoms with Crippen molar-refractivity contribution in [3.8, 4) is 11.4 Å². The van der Waals surface area contributed by atoms with Gasteiger partial charge in [0.05, 0.1) is 70.1 Å². The zero-order valence-corrected chi connectivity index (χ0v) is 39.0. The monoisotopic (exact) mass is 936 g/mol. The molecule has 3 aromatic carbocycles. The van der Waals surface area contributed by atoms with Crippen molar-refractivity contribution < 1.29 is 38.1 Å². The van der Waals surface area contributed by atoms with E-state index < -0.39 is 0 Å². The highest BCUT2D eigenvalue weighted by Gasteiger charge is 2.37. The number of hydrogen-bond acceptors (Lipinski definition) is 12.